The summed E-state index contributed by atoms with van der Waals surface area (Å²) in [6.45, 7) is 4.65. The summed E-state index contributed by atoms with van der Waals surface area (Å²) in [7, 11) is 1.65. The van der Waals surface area contributed by atoms with Gasteiger partial charge in [0.1, 0.15) is 23.9 Å². The Bertz CT molecular complexity index is 912. The number of aryl methyl sites for hydroxylation is 2. The van der Waals surface area contributed by atoms with Gasteiger partial charge in [0.2, 0.25) is 0 Å². The van der Waals surface area contributed by atoms with Gasteiger partial charge >= 0.3 is 0 Å². The fraction of sp³-hybridized carbons (Fsp3) is 0.273. The number of carbonyl (C=O) groups excluding carboxylic acids is 1. The lowest BCUT2D eigenvalue weighted by atomic mass is 10.1. The Morgan fingerprint density at radius 2 is 1.86 bits per heavy atom. The van der Waals surface area contributed by atoms with Gasteiger partial charge in [0.05, 0.1) is 18.4 Å². The molecule has 6 heteroatoms. The molecule has 0 unspecified atom stereocenters. The molecule has 1 aromatic heterocycles. The number of para-hydroxylation sites is 1. The summed E-state index contributed by atoms with van der Waals surface area (Å²) in [5, 5.41) is 6.84. The van der Waals surface area contributed by atoms with Crippen molar-refractivity contribution in [2.75, 3.05) is 13.7 Å². The van der Waals surface area contributed by atoms with Crippen LogP contribution in [0, 0.1) is 13.8 Å². The predicted octanol–water partition coefficient (Wildman–Crippen LogP) is 3.85. The van der Waals surface area contributed by atoms with Gasteiger partial charge in [0, 0.05) is 12.1 Å². The molecule has 0 bridgehead atoms. The number of carbonyl (C=O) groups is 1. The Kier molecular flexibility index (Phi) is 6.32. The van der Waals surface area contributed by atoms with Crippen LogP contribution in [0.1, 0.15) is 32.9 Å². The van der Waals surface area contributed by atoms with Crippen LogP contribution in [0.4, 0.5) is 0 Å². The number of nitrogens with one attached hydrogen (secondary N) is 1. The number of methoxy groups -OCH3 is 1. The molecule has 3 aromatic rings. The van der Waals surface area contributed by atoms with E-state index in [1.165, 1.54) is 0 Å². The zero-order valence-electron chi connectivity index (χ0n) is 16.3. The monoisotopic (exact) mass is 380 g/mol. The van der Waals surface area contributed by atoms with E-state index in [2.05, 4.69) is 10.5 Å². The van der Waals surface area contributed by atoms with Gasteiger partial charge in [-0.1, -0.05) is 23.4 Å². The number of hydrogen-bond donors (Lipinski definition) is 1. The van der Waals surface area contributed by atoms with E-state index in [1.54, 1.807) is 31.4 Å². The molecule has 3 rings (SSSR count). The molecule has 0 fully saturated rings. The van der Waals surface area contributed by atoms with Crippen LogP contribution in [0.15, 0.2) is 53.1 Å². The van der Waals surface area contributed by atoms with Crippen molar-refractivity contribution in [2.45, 2.75) is 26.9 Å². The summed E-state index contributed by atoms with van der Waals surface area (Å²) in [5.41, 5.74) is 3.42. The molecule has 0 saturated heterocycles. The standard InChI is InChI=1S/C22H24N2O4/c1-15-20(16(2)28-24-15)14-27-19-10-8-18(9-11-19)22(25)23-13-12-17-6-4-5-7-21(17)26-3/h4-11H,12-14H2,1-3H3,(H,23,25). The van der Waals surface area contributed by atoms with Gasteiger partial charge in [-0.15, -0.1) is 0 Å². The zero-order chi connectivity index (χ0) is 19.9. The van der Waals surface area contributed by atoms with Gasteiger partial charge in [-0.2, -0.15) is 0 Å². The second kappa shape index (κ2) is 9.08. The van der Waals surface area contributed by atoms with E-state index in [0.29, 0.717) is 30.9 Å². The van der Waals surface area contributed by atoms with E-state index >= 15 is 0 Å². The molecule has 0 atom stereocenters. The third kappa shape index (κ3) is 4.71. The minimum atomic E-state index is -0.118. The first-order valence-corrected chi connectivity index (χ1v) is 9.13. The second-order valence-electron chi connectivity index (χ2n) is 6.43. The number of nitrogens with zero attached hydrogens (tertiary/aromatic N) is 1. The van der Waals surface area contributed by atoms with E-state index in [0.717, 1.165) is 28.3 Å². The van der Waals surface area contributed by atoms with Crippen LogP contribution >= 0.6 is 0 Å². The number of amides is 1. The third-order valence-electron chi connectivity index (χ3n) is 4.55. The molecule has 0 aliphatic rings. The van der Waals surface area contributed by atoms with Crippen LogP contribution < -0.4 is 14.8 Å². The topological polar surface area (TPSA) is 73.6 Å². The molecule has 0 aliphatic heterocycles. The molecule has 28 heavy (non-hydrogen) atoms. The molecule has 146 valence electrons. The summed E-state index contributed by atoms with van der Waals surface area (Å²) in [4.78, 5) is 12.3. The van der Waals surface area contributed by atoms with Crippen molar-refractivity contribution in [3.8, 4) is 11.5 Å². The quantitative estimate of drug-likeness (QED) is 0.642. The van der Waals surface area contributed by atoms with E-state index in [1.807, 2.05) is 38.1 Å². The van der Waals surface area contributed by atoms with Crippen LogP contribution in [0.2, 0.25) is 0 Å². The Morgan fingerprint density at radius 1 is 1.11 bits per heavy atom. The van der Waals surface area contributed by atoms with Crippen LogP contribution in [0.25, 0.3) is 0 Å². The van der Waals surface area contributed by atoms with Crippen molar-refractivity contribution in [1.29, 1.82) is 0 Å². The Labute approximate surface area is 164 Å². The van der Waals surface area contributed by atoms with Gasteiger partial charge < -0.3 is 19.3 Å². The van der Waals surface area contributed by atoms with E-state index in [9.17, 15) is 4.79 Å². The van der Waals surface area contributed by atoms with Gasteiger partial charge in [-0.25, -0.2) is 0 Å². The van der Waals surface area contributed by atoms with Crippen LogP contribution in [0.3, 0.4) is 0 Å². The molecule has 0 saturated carbocycles. The second-order valence-corrected chi connectivity index (χ2v) is 6.43. The molecule has 6 nitrogen and oxygen atoms in total. The van der Waals surface area contributed by atoms with Crippen LogP contribution in [-0.2, 0) is 13.0 Å². The van der Waals surface area contributed by atoms with Crippen molar-refractivity contribution in [3.63, 3.8) is 0 Å². The first kappa shape index (κ1) is 19.5. The maximum absolute atomic E-state index is 12.3. The summed E-state index contributed by atoms with van der Waals surface area (Å²) >= 11 is 0. The first-order valence-electron chi connectivity index (χ1n) is 9.13. The van der Waals surface area contributed by atoms with Crippen molar-refractivity contribution in [1.82, 2.24) is 10.5 Å². The molecule has 1 N–H and O–H groups in total. The summed E-state index contributed by atoms with van der Waals surface area (Å²) in [6.07, 6.45) is 0.703. The lowest BCUT2D eigenvalue weighted by Gasteiger charge is -2.10. The number of hydrogen-bond acceptors (Lipinski definition) is 5. The Balaban J connectivity index is 1.51. The fourth-order valence-electron chi connectivity index (χ4n) is 2.89. The molecule has 1 heterocycles. The average Bonchev–Trinajstić information content (AvgIpc) is 3.04. The fourth-order valence-corrected chi connectivity index (χ4v) is 2.89. The number of benzene rings is 2. The van der Waals surface area contributed by atoms with E-state index < -0.39 is 0 Å². The van der Waals surface area contributed by atoms with Crippen LogP contribution in [0.5, 0.6) is 11.5 Å². The molecule has 0 spiro atoms. The van der Waals surface area contributed by atoms with Crippen LogP contribution in [-0.4, -0.2) is 24.7 Å². The van der Waals surface area contributed by atoms with Crippen molar-refractivity contribution < 1.29 is 18.8 Å². The zero-order valence-corrected chi connectivity index (χ0v) is 16.3. The Hall–Kier alpha value is -3.28. The van der Waals surface area contributed by atoms with Gasteiger partial charge in [-0.05, 0) is 56.2 Å². The number of rotatable bonds is 8. The van der Waals surface area contributed by atoms with Crippen molar-refractivity contribution in [3.05, 3.63) is 76.7 Å². The lowest BCUT2D eigenvalue weighted by molar-refractivity contribution is 0.0954. The molecular weight excluding hydrogens is 356 g/mol. The minimum Gasteiger partial charge on any atom is -0.496 e. The van der Waals surface area contributed by atoms with Gasteiger partial charge in [0.25, 0.3) is 5.91 Å². The maximum atomic E-state index is 12.3. The summed E-state index contributed by atoms with van der Waals surface area (Å²) in [5.74, 6) is 2.15. The highest BCUT2D eigenvalue weighted by molar-refractivity contribution is 5.94. The van der Waals surface area contributed by atoms with Crippen molar-refractivity contribution in [2.24, 2.45) is 0 Å². The molecule has 0 radical (unpaired) electrons. The normalized spacial score (nSPS) is 10.5. The smallest absolute Gasteiger partial charge is 0.251 e. The molecule has 0 aliphatic carbocycles. The van der Waals surface area contributed by atoms with Gasteiger partial charge in [0.15, 0.2) is 0 Å². The highest BCUT2D eigenvalue weighted by Gasteiger charge is 2.10. The number of ether oxygens (including phenoxy) is 2. The lowest BCUT2D eigenvalue weighted by Crippen LogP contribution is -2.25. The molecule has 1 amide bonds. The maximum Gasteiger partial charge on any atom is 0.251 e. The highest BCUT2D eigenvalue weighted by Crippen LogP contribution is 2.19. The molecule has 2 aromatic carbocycles. The summed E-state index contributed by atoms with van der Waals surface area (Å²) < 4.78 is 16.2. The highest BCUT2D eigenvalue weighted by atomic mass is 16.5. The largest absolute Gasteiger partial charge is 0.496 e. The Morgan fingerprint density at radius 3 is 2.54 bits per heavy atom. The van der Waals surface area contributed by atoms with Gasteiger partial charge in [-0.3, -0.25) is 4.79 Å². The average molecular weight is 380 g/mol. The summed E-state index contributed by atoms with van der Waals surface area (Å²) in [6, 6.07) is 14.9. The van der Waals surface area contributed by atoms with Crippen molar-refractivity contribution >= 4 is 5.91 Å². The first-order chi connectivity index (χ1) is 13.6. The minimum absolute atomic E-state index is 0.118. The van der Waals surface area contributed by atoms with E-state index in [4.69, 9.17) is 14.0 Å². The van der Waals surface area contributed by atoms with E-state index in [-0.39, 0.29) is 5.91 Å². The molecular formula is C22H24N2O4. The third-order valence-corrected chi connectivity index (χ3v) is 4.55. The SMILES string of the molecule is COc1ccccc1CCNC(=O)c1ccc(OCc2c(C)noc2C)cc1. The predicted molar refractivity (Wildman–Crippen MR) is 106 cm³/mol. The number of aromatic nitrogens is 1.